The average Bonchev–Trinajstić information content (AvgIpc) is 1.72. The number of hydrogen-bond donors (Lipinski definition) is 1. The molecule has 0 aromatic carbocycles. The summed E-state index contributed by atoms with van der Waals surface area (Å²) in [6.45, 7) is 10.6. The molecule has 0 bridgehead atoms. The molecule has 0 heterocycles. The van der Waals surface area contributed by atoms with Gasteiger partial charge in [0.2, 0.25) is 0 Å². The summed E-state index contributed by atoms with van der Waals surface area (Å²) in [5.41, 5.74) is 0.176. The first-order valence-corrected chi connectivity index (χ1v) is 2.03. The van der Waals surface area contributed by atoms with Crippen molar-refractivity contribution >= 4 is 35.5 Å². The first-order valence-electron chi connectivity index (χ1n) is 2.03. The molecule has 1 radical (unpaired) electrons. The average molecular weight is 137 g/mol. The molecule has 0 atom stereocenters. The molecule has 47 valence electrons. The van der Waals surface area contributed by atoms with E-state index in [0.717, 1.165) is 0 Å². The molecule has 0 aromatic rings. The smallest absolute Gasteiger partial charge is 0.330 e. The number of aliphatic carboxylic acids is 1. The van der Waals surface area contributed by atoms with E-state index < -0.39 is 5.97 Å². The summed E-state index contributed by atoms with van der Waals surface area (Å²) >= 11 is 0. The maximum atomic E-state index is 9.60. The number of rotatable bonds is 1. The Morgan fingerprint density at radius 3 is 1.56 bits per heavy atom. The molecule has 0 aliphatic rings. The summed E-state index contributed by atoms with van der Waals surface area (Å²) in [6.07, 6.45) is 0. The van der Waals surface area contributed by atoms with Crippen LogP contribution < -0.4 is 0 Å². The Balaban J connectivity index is -0.000000109. The second kappa shape index (κ2) is 10.8. The standard InChI is InChI=1S/C4H6O2.C2H4.Na/c1-3(2)4(5)6;1-2;/h1H2,2H3,(H,5,6);1-2H2;. The number of hydrogen-bond acceptors (Lipinski definition) is 1. The molecule has 2 nitrogen and oxygen atoms in total. The van der Waals surface area contributed by atoms with Crippen LogP contribution in [-0.2, 0) is 4.79 Å². The van der Waals surface area contributed by atoms with E-state index >= 15 is 0 Å². The molecule has 1 N–H and O–H groups in total. The molecule has 0 aliphatic carbocycles. The van der Waals surface area contributed by atoms with Crippen molar-refractivity contribution in [2.45, 2.75) is 6.92 Å². The van der Waals surface area contributed by atoms with Crippen molar-refractivity contribution in [2.75, 3.05) is 0 Å². The zero-order valence-corrected chi connectivity index (χ0v) is 7.98. The number of carboxylic acid groups (broad SMARTS) is 1. The summed E-state index contributed by atoms with van der Waals surface area (Å²) in [6, 6.07) is 0. The van der Waals surface area contributed by atoms with E-state index in [0.29, 0.717) is 0 Å². The summed E-state index contributed by atoms with van der Waals surface area (Å²) < 4.78 is 0. The SMILES string of the molecule is C=C.C=C(C)C(=O)O.[Na]. The summed E-state index contributed by atoms with van der Waals surface area (Å²) in [5.74, 6) is -0.935. The quantitative estimate of drug-likeness (QED) is 0.333. The Labute approximate surface area is 77.6 Å². The van der Waals surface area contributed by atoms with Crippen molar-refractivity contribution in [3.05, 3.63) is 25.3 Å². The van der Waals surface area contributed by atoms with Crippen LogP contribution in [0.3, 0.4) is 0 Å². The molecular weight excluding hydrogens is 127 g/mol. The Morgan fingerprint density at radius 1 is 1.44 bits per heavy atom. The first kappa shape index (κ1) is 16.0. The minimum Gasteiger partial charge on any atom is -0.478 e. The fourth-order valence-electron chi connectivity index (χ4n) is 0. The summed E-state index contributed by atoms with van der Waals surface area (Å²) in [7, 11) is 0. The minimum absolute atomic E-state index is 0. The Bertz CT molecular complexity index is 87.2. The van der Waals surface area contributed by atoms with Gasteiger partial charge in [0, 0.05) is 35.1 Å². The molecule has 0 fully saturated rings. The van der Waals surface area contributed by atoms with Gasteiger partial charge in [-0.2, -0.15) is 0 Å². The molecule has 9 heavy (non-hydrogen) atoms. The van der Waals surface area contributed by atoms with Crippen molar-refractivity contribution in [3.8, 4) is 0 Å². The third kappa shape index (κ3) is 18.0. The molecule has 0 aromatic heterocycles. The number of carbonyl (C=O) groups is 1. The molecule has 0 amide bonds. The van der Waals surface area contributed by atoms with Crippen molar-refractivity contribution in [3.63, 3.8) is 0 Å². The molecule has 0 spiro atoms. The minimum atomic E-state index is -0.935. The van der Waals surface area contributed by atoms with Crippen LogP contribution in [-0.4, -0.2) is 40.6 Å². The zero-order valence-electron chi connectivity index (χ0n) is 5.98. The van der Waals surface area contributed by atoms with Gasteiger partial charge in [0.1, 0.15) is 0 Å². The fourth-order valence-corrected chi connectivity index (χ4v) is 0. The van der Waals surface area contributed by atoms with Crippen molar-refractivity contribution in [1.29, 1.82) is 0 Å². The van der Waals surface area contributed by atoms with Crippen LogP contribution in [0.2, 0.25) is 0 Å². The van der Waals surface area contributed by atoms with Gasteiger partial charge in [-0.3, -0.25) is 0 Å². The van der Waals surface area contributed by atoms with E-state index in [1.165, 1.54) is 6.92 Å². The Kier molecular flexibility index (Phi) is 19.3. The predicted molar refractivity (Wildman–Crippen MR) is 39.5 cm³/mol. The van der Waals surface area contributed by atoms with Crippen LogP contribution in [0.1, 0.15) is 6.92 Å². The predicted octanol–water partition coefficient (Wildman–Crippen LogP) is 1.07. The van der Waals surface area contributed by atoms with E-state index in [2.05, 4.69) is 19.7 Å². The second-order valence-corrected chi connectivity index (χ2v) is 1.09. The molecule has 0 saturated heterocycles. The third-order valence-corrected chi connectivity index (χ3v) is 0.365. The molecule has 0 saturated carbocycles. The zero-order chi connectivity index (χ0) is 7.15. The van der Waals surface area contributed by atoms with Crippen LogP contribution in [0.25, 0.3) is 0 Å². The summed E-state index contributed by atoms with van der Waals surface area (Å²) in [4.78, 5) is 9.60. The van der Waals surface area contributed by atoms with Crippen LogP contribution in [0.4, 0.5) is 0 Å². The van der Waals surface area contributed by atoms with Gasteiger partial charge in [0.05, 0.1) is 0 Å². The van der Waals surface area contributed by atoms with Gasteiger partial charge in [-0.15, -0.1) is 13.2 Å². The second-order valence-electron chi connectivity index (χ2n) is 1.09. The first-order chi connectivity index (χ1) is 3.64. The Morgan fingerprint density at radius 2 is 1.56 bits per heavy atom. The van der Waals surface area contributed by atoms with Gasteiger partial charge in [0.25, 0.3) is 0 Å². The molecule has 0 aliphatic heterocycles. The van der Waals surface area contributed by atoms with E-state index in [4.69, 9.17) is 5.11 Å². The van der Waals surface area contributed by atoms with Crippen molar-refractivity contribution in [2.24, 2.45) is 0 Å². The molecule has 3 heteroatoms. The molecule has 0 rings (SSSR count). The Hall–Kier alpha value is -0.0500. The molecule has 0 unspecified atom stereocenters. The van der Waals surface area contributed by atoms with Gasteiger partial charge in [-0.25, -0.2) is 4.79 Å². The van der Waals surface area contributed by atoms with Gasteiger partial charge < -0.3 is 5.11 Å². The van der Waals surface area contributed by atoms with Crippen LogP contribution in [0.15, 0.2) is 25.3 Å². The van der Waals surface area contributed by atoms with E-state index in [1.807, 2.05) is 0 Å². The fraction of sp³-hybridized carbons (Fsp3) is 0.167. The van der Waals surface area contributed by atoms with E-state index in [9.17, 15) is 4.79 Å². The van der Waals surface area contributed by atoms with Gasteiger partial charge >= 0.3 is 5.97 Å². The van der Waals surface area contributed by atoms with E-state index in [1.54, 1.807) is 0 Å². The summed E-state index contributed by atoms with van der Waals surface area (Å²) in [5, 5.41) is 7.89. The maximum absolute atomic E-state index is 9.60. The van der Waals surface area contributed by atoms with Crippen LogP contribution >= 0.6 is 0 Å². The maximum Gasteiger partial charge on any atom is 0.330 e. The third-order valence-electron chi connectivity index (χ3n) is 0.365. The van der Waals surface area contributed by atoms with Gasteiger partial charge in [-0.1, -0.05) is 6.58 Å². The topological polar surface area (TPSA) is 37.3 Å². The molecular formula is C6H10NaO2. The van der Waals surface area contributed by atoms with E-state index in [-0.39, 0.29) is 35.1 Å². The largest absolute Gasteiger partial charge is 0.478 e. The number of carboxylic acids is 1. The normalized spacial score (nSPS) is 5.44. The van der Waals surface area contributed by atoms with Crippen molar-refractivity contribution < 1.29 is 9.90 Å². The van der Waals surface area contributed by atoms with Gasteiger partial charge in [-0.05, 0) is 6.92 Å². The van der Waals surface area contributed by atoms with Crippen LogP contribution in [0.5, 0.6) is 0 Å². The van der Waals surface area contributed by atoms with Crippen molar-refractivity contribution in [1.82, 2.24) is 0 Å². The van der Waals surface area contributed by atoms with Gasteiger partial charge in [0.15, 0.2) is 0 Å². The van der Waals surface area contributed by atoms with Crippen LogP contribution in [0, 0.1) is 0 Å². The monoisotopic (exact) mass is 137 g/mol.